The number of nitrogens with one attached hydrogen (secondary N) is 1. The van der Waals surface area contributed by atoms with Crippen LogP contribution in [0.3, 0.4) is 0 Å². The Morgan fingerprint density at radius 2 is 2.25 bits per heavy atom. The van der Waals surface area contributed by atoms with Gasteiger partial charge in [-0.25, -0.2) is 0 Å². The van der Waals surface area contributed by atoms with Gasteiger partial charge in [-0.1, -0.05) is 19.3 Å². The normalized spacial score (nSPS) is 33.5. The van der Waals surface area contributed by atoms with E-state index in [1.54, 1.807) is 0 Å². The predicted octanol–water partition coefficient (Wildman–Crippen LogP) is 2.00. The fraction of sp³-hybridized carbons (Fsp3) is 0.857. The summed E-state index contributed by atoms with van der Waals surface area (Å²) < 4.78 is 0. The minimum absolute atomic E-state index is 0.354. The molecule has 0 amide bonds. The molecule has 0 aliphatic carbocycles. The van der Waals surface area contributed by atoms with Gasteiger partial charge in [0.1, 0.15) is 0 Å². The number of nitrogens with zero attached hydrogens (tertiary/aromatic N) is 1. The molecular formula is C14H24N2. The summed E-state index contributed by atoms with van der Waals surface area (Å²) in [7, 11) is 0. The van der Waals surface area contributed by atoms with Gasteiger partial charge in [0.2, 0.25) is 0 Å². The molecule has 3 atom stereocenters. The van der Waals surface area contributed by atoms with E-state index >= 15 is 0 Å². The SMILES string of the molecule is C#CC(CC)N1CCCCC1C1CCCN1. The molecule has 0 saturated carbocycles. The molecule has 3 unspecified atom stereocenters. The van der Waals surface area contributed by atoms with E-state index in [1.165, 1.54) is 45.2 Å². The van der Waals surface area contributed by atoms with Crippen LogP contribution in [0.25, 0.3) is 0 Å². The van der Waals surface area contributed by atoms with E-state index < -0.39 is 0 Å². The average Bonchev–Trinajstić information content (AvgIpc) is 2.85. The summed E-state index contributed by atoms with van der Waals surface area (Å²) in [6.07, 6.45) is 13.4. The van der Waals surface area contributed by atoms with Crippen molar-refractivity contribution < 1.29 is 0 Å². The van der Waals surface area contributed by atoms with Gasteiger partial charge in [-0.15, -0.1) is 6.42 Å². The lowest BCUT2D eigenvalue weighted by molar-refractivity contribution is 0.0943. The van der Waals surface area contributed by atoms with Gasteiger partial charge in [0.15, 0.2) is 0 Å². The molecule has 2 heteroatoms. The topological polar surface area (TPSA) is 15.3 Å². The van der Waals surface area contributed by atoms with E-state index in [-0.39, 0.29) is 0 Å². The van der Waals surface area contributed by atoms with E-state index in [0.29, 0.717) is 18.1 Å². The number of likely N-dealkylation sites (tertiary alicyclic amines) is 1. The summed E-state index contributed by atoms with van der Waals surface area (Å²) in [6.45, 7) is 4.60. The standard InChI is InChI=1S/C14H24N2/c1-3-12(4-2)16-11-6-5-9-14(16)13-8-7-10-15-13/h1,12-15H,4-11H2,2H3. The maximum absolute atomic E-state index is 5.66. The summed E-state index contributed by atoms with van der Waals surface area (Å²) in [5.74, 6) is 2.97. The van der Waals surface area contributed by atoms with Gasteiger partial charge in [0, 0.05) is 12.1 Å². The summed E-state index contributed by atoms with van der Waals surface area (Å²) in [5.41, 5.74) is 0. The molecule has 0 radical (unpaired) electrons. The Morgan fingerprint density at radius 3 is 2.88 bits per heavy atom. The Morgan fingerprint density at radius 1 is 1.38 bits per heavy atom. The van der Waals surface area contributed by atoms with Crippen LogP contribution in [0.4, 0.5) is 0 Å². The third kappa shape index (κ3) is 2.42. The zero-order chi connectivity index (χ0) is 11.4. The smallest absolute Gasteiger partial charge is 0.0712 e. The summed E-state index contributed by atoms with van der Waals surface area (Å²) in [4.78, 5) is 2.59. The highest BCUT2D eigenvalue weighted by Gasteiger charge is 2.33. The Labute approximate surface area is 99.8 Å². The minimum atomic E-state index is 0.354. The van der Waals surface area contributed by atoms with Gasteiger partial charge in [-0.3, -0.25) is 4.90 Å². The number of rotatable bonds is 3. The summed E-state index contributed by atoms with van der Waals surface area (Å²) >= 11 is 0. The van der Waals surface area contributed by atoms with Crippen molar-refractivity contribution in [2.75, 3.05) is 13.1 Å². The van der Waals surface area contributed by atoms with Crippen molar-refractivity contribution >= 4 is 0 Å². The summed E-state index contributed by atoms with van der Waals surface area (Å²) in [5, 5.41) is 3.65. The van der Waals surface area contributed by atoms with Crippen molar-refractivity contribution in [1.29, 1.82) is 0 Å². The van der Waals surface area contributed by atoms with E-state index in [1.807, 2.05) is 0 Å². The molecule has 0 aromatic rings. The Hall–Kier alpha value is -0.520. The Bertz CT molecular complexity index is 250. The molecule has 2 saturated heterocycles. The molecule has 0 bridgehead atoms. The monoisotopic (exact) mass is 220 g/mol. The fourth-order valence-electron chi connectivity index (χ4n) is 3.29. The summed E-state index contributed by atoms with van der Waals surface area (Å²) in [6, 6.07) is 1.74. The molecule has 2 nitrogen and oxygen atoms in total. The molecule has 2 fully saturated rings. The lowest BCUT2D eigenvalue weighted by Crippen LogP contribution is -2.53. The number of hydrogen-bond acceptors (Lipinski definition) is 2. The maximum Gasteiger partial charge on any atom is 0.0712 e. The maximum atomic E-state index is 5.66. The molecule has 0 aromatic carbocycles. The van der Waals surface area contributed by atoms with Crippen molar-refractivity contribution in [3.63, 3.8) is 0 Å². The first-order chi connectivity index (χ1) is 7.86. The van der Waals surface area contributed by atoms with Gasteiger partial charge in [-0.2, -0.15) is 0 Å². The van der Waals surface area contributed by atoms with Crippen molar-refractivity contribution in [2.45, 2.75) is 63.6 Å². The van der Waals surface area contributed by atoms with E-state index in [9.17, 15) is 0 Å². The van der Waals surface area contributed by atoms with Crippen molar-refractivity contribution in [3.8, 4) is 12.3 Å². The Balaban J connectivity index is 2.04. The van der Waals surface area contributed by atoms with Gasteiger partial charge >= 0.3 is 0 Å². The van der Waals surface area contributed by atoms with Crippen molar-refractivity contribution in [2.24, 2.45) is 0 Å². The van der Waals surface area contributed by atoms with Crippen LogP contribution >= 0.6 is 0 Å². The molecule has 0 aromatic heterocycles. The van der Waals surface area contributed by atoms with Gasteiger partial charge in [0.05, 0.1) is 6.04 Å². The largest absolute Gasteiger partial charge is 0.312 e. The fourth-order valence-corrected chi connectivity index (χ4v) is 3.29. The van der Waals surface area contributed by atoms with E-state index in [0.717, 1.165) is 6.42 Å². The lowest BCUT2D eigenvalue weighted by Gasteiger charge is -2.42. The molecular weight excluding hydrogens is 196 g/mol. The van der Waals surface area contributed by atoms with Crippen LogP contribution in [0, 0.1) is 12.3 Å². The molecule has 2 rings (SSSR count). The molecule has 90 valence electrons. The van der Waals surface area contributed by atoms with E-state index in [2.05, 4.69) is 23.1 Å². The highest BCUT2D eigenvalue weighted by Crippen LogP contribution is 2.26. The molecule has 2 aliphatic rings. The second-order valence-electron chi connectivity index (χ2n) is 5.09. The van der Waals surface area contributed by atoms with Crippen LogP contribution in [0.15, 0.2) is 0 Å². The molecule has 16 heavy (non-hydrogen) atoms. The molecule has 0 spiro atoms. The molecule has 1 N–H and O–H groups in total. The van der Waals surface area contributed by atoms with E-state index in [4.69, 9.17) is 6.42 Å². The van der Waals surface area contributed by atoms with Crippen LogP contribution < -0.4 is 5.32 Å². The van der Waals surface area contributed by atoms with Crippen LogP contribution in [-0.2, 0) is 0 Å². The quantitative estimate of drug-likeness (QED) is 0.732. The number of hydrogen-bond donors (Lipinski definition) is 1. The number of piperidine rings is 1. The van der Waals surface area contributed by atoms with Crippen LogP contribution in [0.5, 0.6) is 0 Å². The third-order valence-corrected chi connectivity index (χ3v) is 4.13. The van der Waals surface area contributed by atoms with Crippen molar-refractivity contribution in [1.82, 2.24) is 10.2 Å². The van der Waals surface area contributed by atoms with Crippen LogP contribution in [0.1, 0.15) is 45.4 Å². The third-order valence-electron chi connectivity index (χ3n) is 4.13. The van der Waals surface area contributed by atoms with Crippen molar-refractivity contribution in [3.05, 3.63) is 0 Å². The highest BCUT2D eigenvalue weighted by molar-refractivity contribution is 5.04. The minimum Gasteiger partial charge on any atom is -0.312 e. The first-order valence-electron chi connectivity index (χ1n) is 6.82. The first kappa shape index (κ1) is 12.0. The molecule has 2 heterocycles. The zero-order valence-corrected chi connectivity index (χ0v) is 10.4. The lowest BCUT2D eigenvalue weighted by atomic mass is 9.92. The molecule has 2 aliphatic heterocycles. The zero-order valence-electron chi connectivity index (χ0n) is 10.4. The van der Waals surface area contributed by atoms with Gasteiger partial charge < -0.3 is 5.32 Å². The first-order valence-corrected chi connectivity index (χ1v) is 6.82. The Kier molecular flexibility index (Phi) is 4.26. The van der Waals surface area contributed by atoms with Crippen LogP contribution in [0.2, 0.25) is 0 Å². The highest BCUT2D eigenvalue weighted by atomic mass is 15.2. The second kappa shape index (κ2) is 5.70. The second-order valence-corrected chi connectivity index (χ2v) is 5.09. The predicted molar refractivity (Wildman–Crippen MR) is 68.3 cm³/mol. The van der Waals surface area contributed by atoms with Gasteiger partial charge in [0.25, 0.3) is 0 Å². The number of terminal acetylenes is 1. The van der Waals surface area contributed by atoms with Crippen LogP contribution in [-0.4, -0.2) is 36.1 Å². The average molecular weight is 220 g/mol. The van der Waals surface area contributed by atoms with Gasteiger partial charge in [-0.05, 0) is 45.2 Å².